The van der Waals surface area contributed by atoms with Gasteiger partial charge in [0.15, 0.2) is 12.0 Å². The SMILES string of the molecule is CN1CC(F)CNC1C(C(=O)Nc1cncc(F)c1N1CCN(C2CCOCC2)CC1)C(N)N=O. The summed E-state index contributed by atoms with van der Waals surface area (Å²) in [4.78, 5) is 34.4. The van der Waals surface area contributed by atoms with E-state index >= 15 is 0 Å². The maximum atomic E-state index is 15.0. The maximum Gasteiger partial charge on any atom is 0.234 e. The number of rotatable bonds is 7. The van der Waals surface area contributed by atoms with E-state index in [1.54, 1.807) is 11.9 Å². The van der Waals surface area contributed by atoms with Gasteiger partial charge in [-0.2, -0.15) is 0 Å². The fourth-order valence-electron chi connectivity index (χ4n) is 5.27. The van der Waals surface area contributed by atoms with E-state index in [9.17, 15) is 18.5 Å². The largest absolute Gasteiger partial charge is 0.381 e. The number of ether oxygens (including phenoxy) is 1. The van der Waals surface area contributed by atoms with Crippen molar-refractivity contribution in [3.05, 3.63) is 23.1 Å². The van der Waals surface area contributed by atoms with Crippen LogP contribution in [0.5, 0.6) is 0 Å². The molecule has 3 saturated heterocycles. The van der Waals surface area contributed by atoms with Gasteiger partial charge in [0.1, 0.15) is 17.8 Å². The molecule has 35 heavy (non-hydrogen) atoms. The number of pyridine rings is 1. The van der Waals surface area contributed by atoms with Crippen molar-refractivity contribution in [2.24, 2.45) is 16.8 Å². The third kappa shape index (κ3) is 5.92. The average molecular weight is 497 g/mol. The van der Waals surface area contributed by atoms with Crippen LogP contribution in [0.4, 0.5) is 20.2 Å². The molecule has 1 amide bonds. The van der Waals surface area contributed by atoms with Crippen molar-refractivity contribution < 1.29 is 18.3 Å². The molecule has 4 unspecified atom stereocenters. The van der Waals surface area contributed by atoms with Gasteiger partial charge >= 0.3 is 0 Å². The Hall–Kier alpha value is -2.32. The second kappa shape index (κ2) is 11.6. The molecule has 4 N–H and O–H groups in total. The van der Waals surface area contributed by atoms with Crippen LogP contribution in [0.15, 0.2) is 17.6 Å². The Labute approximate surface area is 203 Å². The zero-order chi connectivity index (χ0) is 24.9. The van der Waals surface area contributed by atoms with Gasteiger partial charge in [-0.1, -0.05) is 5.18 Å². The lowest BCUT2D eigenvalue weighted by Crippen LogP contribution is -2.62. The van der Waals surface area contributed by atoms with Crippen molar-refractivity contribution in [2.75, 3.05) is 69.7 Å². The summed E-state index contributed by atoms with van der Waals surface area (Å²) in [6.45, 7) is 4.33. The molecule has 4 heterocycles. The molecule has 0 saturated carbocycles. The van der Waals surface area contributed by atoms with E-state index in [2.05, 4.69) is 25.7 Å². The molecular weight excluding hydrogens is 462 g/mol. The van der Waals surface area contributed by atoms with Crippen molar-refractivity contribution in [3.8, 4) is 0 Å². The van der Waals surface area contributed by atoms with Crippen molar-refractivity contribution in [2.45, 2.75) is 37.4 Å². The van der Waals surface area contributed by atoms with Crippen molar-refractivity contribution in [3.63, 3.8) is 0 Å². The smallest absolute Gasteiger partial charge is 0.234 e. The summed E-state index contributed by atoms with van der Waals surface area (Å²) in [5, 5.41) is 8.49. The first-order valence-corrected chi connectivity index (χ1v) is 12.1. The van der Waals surface area contributed by atoms with Crippen LogP contribution in [0.25, 0.3) is 0 Å². The molecule has 3 fully saturated rings. The van der Waals surface area contributed by atoms with Crippen LogP contribution >= 0.6 is 0 Å². The van der Waals surface area contributed by atoms with E-state index in [0.29, 0.717) is 19.1 Å². The molecule has 0 aliphatic carbocycles. The maximum absolute atomic E-state index is 15.0. The van der Waals surface area contributed by atoms with Crippen LogP contribution in [0.1, 0.15) is 12.8 Å². The third-order valence-corrected chi connectivity index (χ3v) is 7.11. The zero-order valence-corrected chi connectivity index (χ0v) is 19.9. The number of piperazine rings is 1. The van der Waals surface area contributed by atoms with Gasteiger partial charge in [-0.25, -0.2) is 8.78 Å². The molecule has 194 valence electrons. The number of nitrogens with one attached hydrogen (secondary N) is 2. The normalized spacial score (nSPS) is 26.8. The number of alkyl halides is 1. The zero-order valence-electron chi connectivity index (χ0n) is 19.9. The molecule has 4 atom stereocenters. The first-order valence-electron chi connectivity index (χ1n) is 12.1. The molecular formula is C22H34F2N8O3. The standard InChI is InChI=1S/C22H34F2N8O3/c1-30-13-14(23)10-27-21(30)18(20(25)29-34)22(33)28-17-12-26-11-16(24)19(17)32-6-4-31(5-7-32)15-2-8-35-9-3-15/h11-12,14-15,18,20-21,27H,2-10,13,25H2,1H3,(H,28,33). The van der Waals surface area contributed by atoms with Gasteiger partial charge in [0, 0.05) is 58.5 Å². The highest BCUT2D eigenvalue weighted by atomic mass is 19.1. The Morgan fingerprint density at radius 2 is 2.00 bits per heavy atom. The quantitative estimate of drug-likeness (QED) is 0.458. The summed E-state index contributed by atoms with van der Waals surface area (Å²) < 4.78 is 34.2. The van der Waals surface area contributed by atoms with Gasteiger partial charge in [-0.15, -0.1) is 4.91 Å². The summed E-state index contributed by atoms with van der Waals surface area (Å²) in [6, 6.07) is 0.467. The van der Waals surface area contributed by atoms with Crippen LogP contribution in [0.2, 0.25) is 0 Å². The molecule has 4 rings (SSSR count). The number of nitrogens with two attached hydrogens (primary N) is 1. The fraction of sp³-hybridized carbons (Fsp3) is 0.727. The molecule has 0 bridgehead atoms. The van der Waals surface area contributed by atoms with Crippen LogP contribution < -0.4 is 21.3 Å². The van der Waals surface area contributed by atoms with Crippen molar-refractivity contribution in [1.29, 1.82) is 0 Å². The topological polar surface area (TPSA) is 128 Å². The summed E-state index contributed by atoms with van der Waals surface area (Å²) in [5.74, 6) is -2.29. The van der Waals surface area contributed by atoms with Crippen LogP contribution in [-0.2, 0) is 9.53 Å². The van der Waals surface area contributed by atoms with Crippen molar-refractivity contribution in [1.82, 2.24) is 20.1 Å². The highest BCUT2D eigenvalue weighted by Crippen LogP contribution is 2.31. The second-order valence-corrected chi connectivity index (χ2v) is 9.39. The van der Waals surface area contributed by atoms with E-state index in [4.69, 9.17) is 10.5 Å². The highest BCUT2D eigenvalue weighted by molar-refractivity contribution is 5.96. The van der Waals surface area contributed by atoms with E-state index in [0.717, 1.165) is 45.3 Å². The Balaban J connectivity index is 1.48. The molecule has 1 aromatic heterocycles. The average Bonchev–Trinajstić information content (AvgIpc) is 2.86. The van der Waals surface area contributed by atoms with Gasteiger partial charge in [-0.3, -0.25) is 24.9 Å². The minimum absolute atomic E-state index is 0.0224. The minimum Gasteiger partial charge on any atom is -0.381 e. The Morgan fingerprint density at radius 3 is 2.66 bits per heavy atom. The first kappa shape index (κ1) is 25.8. The van der Waals surface area contributed by atoms with Crippen LogP contribution in [0, 0.1) is 16.6 Å². The van der Waals surface area contributed by atoms with E-state index in [-0.39, 0.29) is 24.5 Å². The van der Waals surface area contributed by atoms with E-state index in [1.807, 2.05) is 4.90 Å². The summed E-state index contributed by atoms with van der Waals surface area (Å²) in [7, 11) is 1.63. The lowest BCUT2D eigenvalue weighted by atomic mass is 9.98. The minimum atomic E-state index is -1.38. The summed E-state index contributed by atoms with van der Waals surface area (Å²) in [6.07, 6.45) is 1.28. The number of halogens is 2. The van der Waals surface area contributed by atoms with Crippen LogP contribution in [-0.4, -0.2) is 105 Å². The number of carbonyl (C=O) groups is 1. The molecule has 3 aliphatic heterocycles. The molecule has 3 aliphatic rings. The van der Waals surface area contributed by atoms with Gasteiger partial charge in [0.05, 0.1) is 24.2 Å². The van der Waals surface area contributed by atoms with E-state index < -0.39 is 36.1 Å². The van der Waals surface area contributed by atoms with Gasteiger partial charge in [-0.05, 0) is 19.9 Å². The monoisotopic (exact) mass is 496 g/mol. The van der Waals surface area contributed by atoms with Gasteiger partial charge in [0.25, 0.3) is 0 Å². The second-order valence-electron chi connectivity index (χ2n) is 9.39. The Kier molecular flexibility index (Phi) is 8.55. The van der Waals surface area contributed by atoms with Gasteiger partial charge < -0.3 is 20.7 Å². The van der Waals surface area contributed by atoms with E-state index in [1.165, 1.54) is 6.20 Å². The lowest BCUT2D eigenvalue weighted by Gasteiger charge is -2.42. The molecule has 0 radical (unpaired) electrons. The molecule has 0 aromatic carbocycles. The number of anilines is 2. The molecule has 13 heteroatoms. The highest BCUT2D eigenvalue weighted by Gasteiger charge is 2.40. The number of nitrogens with zero attached hydrogens (tertiary/aromatic N) is 5. The fourth-order valence-corrected chi connectivity index (χ4v) is 5.27. The number of nitroso groups, excluding NO2 is 1. The predicted molar refractivity (Wildman–Crippen MR) is 127 cm³/mol. The summed E-state index contributed by atoms with van der Waals surface area (Å²) in [5.41, 5.74) is 6.33. The number of aromatic nitrogens is 1. The molecule has 1 aromatic rings. The summed E-state index contributed by atoms with van der Waals surface area (Å²) >= 11 is 0. The van der Waals surface area contributed by atoms with Gasteiger partial charge in [0.2, 0.25) is 5.91 Å². The number of amides is 1. The Bertz CT molecular complexity index is 882. The number of hydrogen-bond acceptors (Lipinski definition) is 10. The number of carbonyl (C=O) groups excluding carboxylic acids is 1. The first-order chi connectivity index (χ1) is 16.9. The lowest BCUT2D eigenvalue weighted by molar-refractivity contribution is -0.124. The Morgan fingerprint density at radius 1 is 1.29 bits per heavy atom. The number of hydrogen-bond donors (Lipinski definition) is 3. The predicted octanol–water partition coefficient (Wildman–Crippen LogP) is 0.327. The molecule has 0 spiro atoms. The molecule has 11 nitrogen and oxygen atoms in total. The third-order valence-electron chi connectivity index (χ3n) is 7.11. The van der Waals surface area contributed by atoms with Crippen LogP contribution in [0.3, 0.4) is 0 Å². The van der Waals surface area contributed by atoms with Crippen molar-refractivity contribution >= 4 is 17.3 Å².